The lowest BCUT2D eigenvalue weighted by Crippen LogP contribution is -2.25. The highest BCUT2D eigenvalue weighted by Crippen LogP contribution is 2.11. The van der Waals surface area contributed by atoms with Crippen LogP contribution in [0.2, 0.25) is 0 Å². The fraction of sp³-hybridized carbons (Fsp3) is 0.250. The molecule has 0 fully saturated rings. The smallest absolute Gasteiger partial charge is 0.265 e. The Morgan fingerprint density at radius 1 is 1.60 bits per heavy atom. The third kappa shape index (κ3) is 2.18. The van der Waals surface area contributed by atoms with Gasteiger partial charge in [0, 0.05) is 11.8 Å². The summed E-state index contributed by atoms with van der Waals surface area (Å²) in [4.78, 5) is 12.1. The van der Waals surface area contributed by atoms with Crippen molar-refractivity contribution < 1.29 is 4.79 Å². The van der Waals surface area contributed by atoms with E-state index >= 15 is 0 Å². The van der Waals surface area contributed by atoms with Gasteiger partial charge in [0.25, 0.3) is 5.91 Å². The summed E-state index contributed by atoms with van der Waals surface area (Å²) in [6.45, 7) is 1.89. The lowest BCUT2D eigenvalue weighted by Gasteiger charge is -2.09. The zero-order valence-corrected chi connectivity index (χ0v) is 8.78. The quantitative estimate of drug-likeness (QED) is 0.804. The second kappa shape index (κ2) is 4.18. The molecule has 0 aliphatic carbocycles. The molecule has 2 rings (SSSR count). The van der Waals surface area contributed by atoms with E-state index in [4.69, 9.17) is 0 Å². The van der Waals surface area contributed by atoms with Gasteiger partial charge in [-0.25, -0.2) is 0 Å². The maximum absolute atomic E-state index is 11.6. The summed E-state index contributed by atoms with van der Waals surface area (Å²) in [6, 6.07) is -0.0849. The van der Waals surface area contributed by atoms with Crippen molar-refractivity contribution in [3.05, 3.63) is 29.0 Å². The van der Waals surface area contributed by atoms with E-state index in [-0.39, 0.29) is 11.9 Å². The first-order valence-corrected chi connectivity index (χ1v) is 5.11. The fourth-order valence-electron chi connectivity index (χ4n) is 1.12. The van der Waals surface area contributed by atoms with Crippen LogP contribution in [0.4, 0.5) is 0 Å². The zero-order chi connectivity index (χ0) is 10.7. The van der Waals surface area contributed by atoms with Crippen LogP contribution in [0.1, 0.15) is 28.2 Å². The van der Waals surface area contributed by atoms with E-state index < -0.39 is 0 Å². The van der Waals surface area contributed by atoms with Crippen molar-refractivity contribution >= 4 is 17.4 Å². The topological polar surface area (TPSA) is 83.6 Å². The lowest BCUT2D eigenvalue weighted by molar-refractivity contribution is 0.0944. The molecule has 0 bridgehead atoms. The molecule has 78 valence electrons. The van der Waals surface area contributed by atoms with Gasteiger partial charge in [-0.15, -0.1) is 5.10 Å². The summed E-state index contributed by atoms with van der Waals surface area (Å²) < 4.78 is 3.63. The highest BCUT2D eigenvalue weighted by atomic mass is 32.1. The van der Waals surface area contributed by atoms with Crippen molar-refractivity contribution in [2.45, 2.75) is 13.0 Å². The van der Waals surface area contributed by atoms with Crippen LogP contribution in [-0.2, 0) is 0 Å². The number of hydrogen-bond donors (Lipinski definition) is 2. The summed E-state index contributed by atoms with van der Waals surface area (Å²) in [6.07, 6.45) is 4.87. The molecule has 6 nitrogen and oxygen atoms in total. The number of amides is 1. The largest absolute Gasteiger partial charge is 0.345 e. The Balaban J connectivity index is 2.01. The Hall–Kier alpha value is -1.76. The molecule has 1 amide bonds. The maximum Gasteiger partial charge on any atom is 0.265 e. The normalized spacial score (nSPS) is 12.3. The van der Waals surface area contributed by atoms with Crippen LogP contribution in [0.3, 0.4) is 0 Å². The fourth-order valence-corrected chi connectivity index (χ4v) is 1.53. The predicted octanol–water partition coefficient (Wildman–Crippen LogP) is 0.752. The molecule has 0 saturated carbocycles. The minimum atomic E-state index is -0.168. The molecule has 0 aliphatic rings. The average Bonchev–Trinajstić information content (AvgIpc) is 2.91. The van der Waals surface area contributed by atoms with Gasteiger partial charge in [-0.05, 0) is 18.5 Å². The van der Waals surface area contributed by atoms with Crippen molar-refractivity contribution in [3.8, 4) is 0 Å². The summed E-state index contributed by atoms with van der Waals surface area (Å²) >= 11 is 1.07. The molecule has 0 radical (unpaired) electrons. The van der Waals surface area contributed by atoms with E-state index in [0.717, 1.165) is 17.1 Å². The van der Waals surface area contributed by atoms with Gasteiger partial charge in [0.05, 0.1) is 18.4 Å². The Bertz CT molecular complexity index is 424. The zero-order valence-electron chi connectivity index (χ0n) is 7.97. The van der Waals surface area contributed by atoms with E-state index in [0.29, 0.717) is 4.88 Å². The summed E-state index contributed by atoms with van der Waals surface area (Å²) in [5.74, 6) is -0.168. The molecule has 0 spiro atoms. The molecular formula is C8H9N5OS. The average molecular weight is 223 g/mol. The predicted molar refractivity (Wildman–Crippen MR) is 54.4 cm³/mol. The Labute approximate surface area is 89.9 Å². The highest BCUT2D eigenvalue weighted by molar-refractivity contribution is 7.07. The SMILES string of the molecule is CC(NC(=O)c1cnns1)c1cn[nH]c1. The maximum atomic E-state index is 11.6. The third-order valence-electron chi connectivity index (χ3n) is 1.95. The van der Waals surface area contributed by atoms with E-state index in [9.17, 15) is 4.79 Å². The van der Waals surface area contributed by atoms with Crippen LogP contribution in [-0.4, -0.2) is 25.7 Å². The first kappa shape index (κ1) is 9.78. The summed E-state index contributed by atoms with van der Waals surface area (Å²) in [5.41, 5.74) is 0.931. The van der Waals surface area contributed by atoms with Crippen molar-refractivity contribution in [1.29, 1.82) is 0 Å². The van der Waals surface area contributed by atoms with Gasteiger partial charge in [-0.2, -0.15) is 5.10 Å². The molecule has 0 saturated heterocycles. The Morgan fingerprint density at radius 2 is 2.47 bits per heavy atom. The van der Waals surface area contributed by atoms with Crippen LogP contribution in [0.15, 0.2) is 18.6 Å². The van der Waals surface area contributed by atoms with Gasteiger partial charge >= 0.3 is 0 Å². The Kier molecular flexibility index (Phi) is 2.72. The van der Waals surface area contributed by atoms with Crippen LogP contribution >= 0.6 is 11.5 Å². The number of carbonyl (C=O) groups excluding carboxylic acids is 1. The van der Waals surface area contributed by atoms with Crippen LogP contribution in [0, 0.1) is 0 Å². The molecule has 7 heteroatoms. The van der Waals surface area contributed by atoms with E-state index in [1.54, 1.807) is 12.4 Å². The molecule has 1 atom stereocenters. The monoisotopic (exact) mass is 223 g/mol. The number of H-pyrrole nitrogens is 1. The van der Waals surface area contributed by atoms with Crippen molar-refractivity contribution in [3.63, 3.8) is 0 Å². The standard InChI is InChI=1S/C8H9N5OS/c1-5(6-2-9-10-3-6)12-8(14)7-4-11-13-15-7/h2-5H,1H3,(H,9,10)(H,12,14). The molecule has 0 aromatic carbocycles. The molecule has 2 aromatic heterocycles. The molecular weight excluding hydrogens is 214 g/mol. The number of nitrogens with zero attached hydrogens (tertiary/aromatic N) is 3. The number of carbonyl (C=O) groups is 1. The minimum Gasteiger partial charge on any atom is -0.345 e. The van der Waals surface area contributed by atoms with E-state index in [1.165, 1.54) is 6.20 Å². The second-order valence-electron chi connectivity index (χ2n) is 3.01. The molecule has 2 heterocycles. The number of nitrogens with one attached hydrogen (secondary N) is 2. The third-order valence-corrected chi connectivity index (χ3v) is 2.62. The lowest BCUT2D eigenvalue weighted by atomic mass is 10.2. The van der Waals surface area contributed by atoms with Crippen molar-refractivity contribution in [2.75, 3.05) is 0 Å². The summed E-state index contributed by atoms with van der Waals surface area (Å²) in [5, 5.41) is 12.9. The first-order chi connectivity index (χ1) is 7.27. The summed E-state index contributed by atoms with van der Waals surface area (Å²) in [7, 11) is 0. The molecule has 2 N–H and O–H groups in total. The van der Waals surface area contributed by atoms with Crippen LogP contribution in [0.5, 0.6) is 0 Å². The van der Waals surface area contributed by atoms with E-state index in [2.05, 4.69) is 25.1 Å². The second-order valence-corrected chi connectivity index (χ2v) is 3.79. The van der Waals surface area contributed by atoms with Crippen molar-refractivity contribution in [1.82, 2.24) is 25.1 Å². The Morgan fingerprint density at radius 3 is 3.07 bits per heavy atom. The van der Waals surface area contributed by atoms with E-state index in [1.807, 2.05) is 6.92 Å². The van der Waals surface area contributed by atoms with Gasteiger partial charge in [-0.3, -0.25) is 9.89 Å². The van der Waals surface area contributed by atoms with Gasteiger partial charge in [0.1, 0.15) is 4.88 Å². The van der Waals surface area contributed by atoms with Gasteiger partial charge < -0.3 is 5.32 Å². The number of aromatic amines is 1. The van der Waals surface area contributed by atoms with Gasteiger partial charge in [0.15, 0.2) is 0 Å². The molecule has 1 unspecified atom stereocenters. The van der Waals surface area contributed by atoms with Crippen molar-refractivity contribution in [2.24, 2.45) is 0 Å². The first-order valence-electron chi connectivity index (χ1n) is 4.34. The van der Waals surface area contributed by atoms with Crippen LogP contribution < -0.4 is 5.32 Å². The van der Waals surface area contributed by atoms with Gasteiger partial charge in [0.2, 0.25) is 0 Å². The highest BCUT2D eigenvalue weighted by Gasteiger charge is 2.13. The minimum absolute atomic E-state index is 0.0849. The molecule has 2 aromatic rings. The molecule has 15 heavy (non-hydrogen) atoms. The number of aromatic nitrogens is 4. The van der Waals surface area contributed by atoms with Gasteiger partial charge in [-0.1, -0.05) is 4.49 Å². The van der Waals surface area contributed by atoms with Crippen LogP contribution in [0.25, 0.3) is 0 Å². The molecule has 0 aliphatic heterocycles. The number of hydrogen-bond acceptors (Lipinski definition) is 5. The number of rotatable bonds is 3.